The summed E-state index contributed by atoms with van der Waals surface area (Å²) in [7, 11) is 1.68. The summed E-state index contributed by atoms with van der Waals surface area (Å²) in [5, 5.41) is 11.3. The van der Waals surface area contributed by atoms with Gasteiger partial charge in [0, 0.05) is 19.2 Å². The molecule has 0 aliphatic rings. The summed E-state index contributed by atoms with van der Waals surface area (Å²) in [6, 6.07) is 1.99. The minimum absolute atomic E-state index is 0.585. The Hall–Kier alpha value is -1.16. The van der Waals surface area contributed by atoms with Gasteiger partial charge in [0.25, 0.3) is 0 Å². The molecule has 1 heterocycles. The van der Waals surface area contributed by atoms with Gasteiger partial charge in [0.05, 0.1) is 12.3 Å². The van der Waals surface area contributed by atoms with Crippen LogP contribution in [0.3, 0.4) is 0 Å². The van der Waals surface area contributed by atoms with E-state index in [2.05, 4.69) is 22.4 Å². The van der Waals surface area contributed by atoms with Crippen LogP contribution in [0, 0.1) is 6.92 Å². The number of hydrogen-bond donors (Lipinski definition) is 1. The van der Waals surface area contributed by atoms with Crippen LogP contribution in [0.15, 0.2) is 6.07 Å². The van der Waals surface area contributed by atoms with E-state index < -0.39 is 0 Å². The van der Waals surface area contributed by atoms with Crippen LogP contribution in [-0.2, 0) is 11.3 Å². The van der Waals surface area contributed by atoms with Crippen molar-refractivity contribution in [3.8, 4) is 0 Å². The molecule has 0 aromatic carbocycles. The summed E-state index contributed by atoms with van der Waals surface area (Å²) >= 11 is 0. The third kappa shape index (κ3) is 2.96. The van der Waals surface area contributed by atoms with Gasteiger partial charge in [0.15, 0.2) is 0 Å². The highest BCUT2D eigenvalue weighted by atomic mass is 16.5. The van der Waals surface area contributed by atoms with Crippen LogP contribution < -0.4 is 5.32 Å². The highest BCUT2D eigenvalue weighted by molar-refractivity contribution is 5.37. The molecule has 14 heavy (non-hydrogen) atoms. The zero-order chi connectivity index (χ0) is 10.4. The largest absolute Gasteiger partial charge is 0.380 e. The molecule has 78 valence electrons. The quantitative estimate of drug-likeness (QED) is 0.777. The van der Waals surface area contributed by atoms with E-state index in [0.717, 1.165) is 30.0 Å². The first kappa shape index (κ1) is 10.9. The molecule has 0 saturated heterocycles. The normalized spacial score (nSPS) is 10.2. The lowest BCUT2D eigenvalue weighted by Gasteiger charge is -2.07. The summed E-state index contributed by atoms with van der Waals surface area (Å²) in [6.07, 6.45) is 1.08. The molecule has 0 radical (unpaired) electrons. The molecule has 0 spiro atoms. The predicted octanol–water partition coefficient (Wildman–Crippen LogP) is 1.75. The summed E-state index contributed by atoms with van der Waals surface area (Å²) in [5.41, 5.74) is 2.01. The minimum atomic E-state index is 0.585. The van der Waals surface area contributed by atoms with Crippen LogP contribution >= 0.6 is 0 Å². The van der Waals surface area contributed by atoms with Gasteiger partial charge in [-0.3, -0.25) is 0 Å². The van der Waals surface area contributed by atoms with E-state index in [1.54, 1.807) is 7.11 Å². The fraction of sp³-hybridized carbons (Fsp3) is 0.600. The number of anilines is 1. The Labute approximate surface area is 84.7 Å². The van der Waals surface area contributed by atoms with Gasteiger partial charge in [-0.15, -0.1) is 5.10 Å². The Kier molecular flexibility index (Phi) is 4.32. The number of rotatable bonds is 5. The lowest BCUT2D eigenvalue weighted by atomic mass is 10.2. The third-order valence-corrected chi connectivity index (χ3v) is 1.94. The first-order chi connectivity index (χ1) is 6.77. The number of nitrogens with one attached hydrogen (secondary N) is 1. The molecule has 0 atom stereocenters. The second-order valence-corrected chi connectivity index (χ2v) is 3.20. The smallest absolute Gasteiger partial charge is 0.149 e. The maximum absolute atomic E-state index is 5.07. The number of ether oxygens (including phenoxy) is 1. The lowest BCUT2D eigenvalue weighted by molar-refractivity contribution is 0.184. The fourth-order valence-electron chi connectivity index (χ4n) is 1.13. The van der Waals surface area contributed by atoms with Gasteiger partial charge in [0.1, 0.15) is 5.82 Å². The van der Waals surface area contributed by atoms with Gasteiger partial charge < -0.3 is 10.1 Å². The first-order valence-corrected chi connectivity index (χ1v) is 4.84. The summed E-state index contributed by atoms with van der Waals surface area (Å²) in [5.74, 6) is 0.824. The van der Waals surface area contributed by atoms with E-state index >= 15 is 0 Å². The molecule has 0 bridgehead atoms. The Morgan fingerprint density at radius 2 is 2.21 bits per heavy atom. The van der Waals surface area contributed by atoms with E-state index in [9.17, 15) is 0 Å². The molecular weight excluding hydrogens is 178 g/mol. The summed E-state index contributed by atoms with van der Waals surface area (Å²) in [4.78, 5) is 0. The predicted molar refractivity (Wildman–Crippen MR) is 56.3 cm³/mol. The molecule has 0 aliphatic carbocycles. The van der Waals surface area contributed by atoms with Crippen LogP contribution in [0.4, 0.5) is 5.82 Å². The van der Waals surface area contributed by atoms with Crippen LogP contribution in [0.5, 0.6) is 0 Å². The molecule has 0 unspecified atom stereocenters. The van der Waals surface area contributed by atoms with Gasteiger partial charge in [-0.2, -0.15) is 5.10 Å². The Balaban J connectivity index is 2.72. The Morgan fingerprint density at radius 1 is 1.43 bits per heavy atom. The highest BCUT2D eigenvalue weighted by Crippen LogP contribution is 2.10. The van der Waals surface area contributed by atoms with Crippen LogP contribution in [0.1, 0.15) is 24.6 Å². The second-order valence-electron chi connectivity index (χ2n) is 3.20. The Morgan fingerprint density at radius 3 is 2.86 bits per heavy atom. The summed E-state index contributed by atoms with van der Waals surface area (Å²) in [6.45, 7) is 5.56. The average Bonchev–Trinajstić information content (AvgIpc) is 2.19. The number of hydrogen-bond acceptors (Lipinski definition) is 4. The molecule has 1 N–H and O–H groups in total. The van der Waals surface area contributed by atoms with Crippen molar-refractivity contribution < 1.29 is 4.74 Å². The number of aryl methyl sites for hydroxylation is 1. The fourth-order valence-corrected chi connectivity index (χ4v) is 1.13. The standard InChI is InChI=1S/C10H17N3O/c1-4-5-11-10-6-9(7-14-3)8(2)12-13-10/h6H,4-5,7H2,1-3H3,(H,11,13). The van der Waals surface area contributed by atoms with E-state index in [-0.39, 0.29) is 0 Å². The van der Waals surface area contributed by atoms with Crippen LogP contribution in [-0.4, -0.2) is 23.9 Å². The topological polar surface area (TPSA) is 47.0 Å². The molecule has 0 aliphatic heterocycles. The van der Waals surface area contributed by atoms with Gasteiger partial charge in [-0.05, 0) is 19.4 Å². The van der Waals surface area contributed by atoms with Crippen molar-refractivity contribution in [1.82, 2.24) is 10.2 Å². The maximum Gasteiger partial charge on any atom is 0.149 e. The van der Waals surface area contributed by atoms with E-state index in [1.165, 1.54) is 0 Å². The molecule has 1 aromatic heterocycles. The second kappa shape index (κ2) is 5.54. The van der Waals surface area contributed by atoms with Crippen molar-refractivity contribution >= 4 is 5.82 Å². The van der Waals surface area contributed by atoms with Crippen molar-refractivity contribution in [1.29, 1.82) is 0 Å². The minimum Gasteiger partial charge on any atom is -0.380 e. The zero-order valence-corrected chi connectivity index (χ0v) is 9.00. The SMILES string of the molecule is CCCNc1cc(COC)c(C)nn1. The highest BCUT2D eigenvalue weighted by Gasteiger charge is 2.02. The van der Waals surface area contributed by atoms with Crippen LogP contribution in [0.2, 0.25) is 0 Å². The first-order valence-electron chi connectivity index (χ1n) is 4.84. The van der Waals surface area contributed by atoms with E-state index in [4.69, 9.17) is 4.74 Å². The number of methoxy groups -OCH3 is 1. The monoisotopic (exact) mass is 195 g/mol. The van der Waals surface area contributed by atoms with Crippen molar-refractivity contribution in [2.75, 3.05) is 19.0 Å². The number of aromatic nitrogens is 2. The van der Waals surface area contributed by atoms with Gasteiger partial charge >= 0.3 is 0 Å². The van der Waals surface area contributed by atoms with Gasteiger partial charge in [0.2, 0.25) is 0 Å². The summed E-state index contributed by atoms with van der Waals surface area (Å²) < 4.78 is 5.07. The number of nitrogens with zero attached hydrogens (tertiary/aromatic N) is 2. The van der Waals surface area contributed by atoms with Crippen molar-refractivity contribution in [3.05, 3.63) is 17.3 Å². The zero-order valence-electron chi connectivity index (χ0n) is 9.00. The molecule has 4 heteroatoms. The molecular formula is C10H17N3O. The van der Waals surface area contributed by atoms with E-state index in [1.807, 2.05) is 13.0 Å². The van der Waals surface area contributed by atoms with Crippen molar-refractivity contribution in [2.24, 2.45) is 0 Å². The maximum atomic E-state index is 5.07. The molecule has 1 rings (SSSR count). The van der Waals surface area contributed by atoms with Gasteiger partial charge in [-0.25, -0.2) is 0 Å². The molecule has 0 fully saturated rings. The molecule has 4 nitrogen and oxygen atoms in total. The van der Waals surface area contributed by atoms with E-state index in [0.29, 0.717) is 6.61 Å². The molecule has 0 saturated carbocycles. The Bertz CT molecular complexity index is 289. The van der Waals surface area contributed by atoms with Gasteiger partial charge in [-0.1, -0.05) is 6.92 Å². The van der Waals surface area contributed by atoms with Crippen molar-refractivity contribution in [3.63, 3.8) is 0 Å². The lowest BCUT2D eigenvalue weighted by Crippen LogP contribution is -2.05. The molecule has 1 aromatic rings. The molecule has 0 amide bonds. The van der Waals surface area contributed by atoms with Crippen LogP contribution in [0.25, 0.3) is 0 Å². The third-order valence-electron chi connectivity index (χ3n) is 1.94. The average molecular weight is 195 g/mol. The van der Waals surface area contributed by atoms with Crippen molar-refractivity contribution in [2.45, 2.75) is 26.9 Å².